The first-order chi connectivity index (χ1) is 13.7. The molecule has 0 saturated carbocycles. The molecule has 0 bridgehead atoms. The fourth-order valence-corrected chi connectivity index (χ4v) is 4.13. The highest BCUT2D eigenvalue weighted by molar-refractivity contribution is 7.92. The van der Waals surface area contributed by atoms with Gasteiger partial charge >= 0.3 is 0 Å². The van der Waals surface area contributed by atoms with Crippen molar-refractivity contribution in [1.29, 1.82) is 0 Å². The molecule has 7 nitrogen and oxygen atoms in total. The zero-order chi connectivity index (χ0) is 21.0. The van der Waals surface area contributed by atoms with E-state index in [1.54, 1.807) is 49.4 Å². The third kappa shape index (κ3) is 5.58. The maximum atomic E-state index is 12.5. The van der Waals surface area contributed by atoms with Crippen LogP contribution < -0.4 is 14.8 Å². The van der Waals surface area contributed by atoms with Gasteiger partial charge in [-0.05, 0) is 57.2 Å². The minimum atomic E-state index is -3.78. The molecule has 0 aliphatic carbocycles. The van der Waals surface area contributed by atoms with Gasteiger partial charge in [0.25, 0.3) is 10.0 Å². The summed E-state index contributed by atoms with van der Waals surface area (Å²) in [4.78, 5) is 8.61. The summed E-state index contributed by atoms with van der Waals surface area (Å²) in [5, 5.41) is 3.32. The van der Waals surface area contributed by atoms with E-state index in [9.17, 15) is 8.42 Å². The van der Waals surface area contributed by atoms with Crippen molar-refractivity contribution in [3.05, 3.63) is 65.4 Å². The van der Waals surface area contributed by atoms with Crippen LogP contribution in [0.3, 0.4) is 0 Å². The van der Waals surface area contributed by atoms with E-state index in [0.29, 0.717) is 23.2 Å². The van der Waals surface area contributed by atoms with Crippen LogP contribution >= 0.6 is 11.6 Å². The van der Waals surface area contributed by atoms with Crippen LogP contribution in [-0.2, 0) is 10.0 Å². The first kappa shape index (κ1) is 20.9. The van der Waals surface area contributed by atoms with Gasteiger partial charge in [-0.1, -0.05) is 23.7 Å². The number of sulfonamides is 1. The molecule has 0 atom stereocenters. The van der Waals surface area contributed by atoms with Crippen LogP contribution in [0, 0.1) is 6.92 Å². The number of hydrogen-bond donors (Lipinski definition) is 2. The molecule has 2 N–H and O–H groups in total. The number of nitrogens with one attached hydrogen (secondary N) is 2. The molecule has 0 saturated heterocycles. The Hall–Kier alpha value is -2.84. The molecule has 0 radical (unpaired) electrons. The van der Waals surface area contributed by atoms with Gasteiger partial charge in [0.2, 0.25) is 5.88 Å². The van der Waals surface area contributed by atoms with Crippen molar-refractivity contribution in [2.75, 3.05) is 10.0 Å². The number of aryl methyl sites for hydroxylation is 1. The van der Waals surface area contributed by atoms with Crippen LogP contribution in [0.4, 0.5) is 17.2 Å². The predicted octanol–water partition coefficient (Wildman–Crippen LogP) is 4.77. The molecule has 3 aromatic rings. The Bertz CT molecular complexity index is 1100. The minimum absolute atomic E-state index is 0.00238. The van der Waals surface area contributed by atoms with Gasteiger partial charge in [-0.25, -0.2) is 13.4 Å². The fraction of sp³-hybridized carbons (Fsp3) is 0.200. The highest BCUT2D eigenvalue weighted by Crippen LogP contribution is 2.25. The molecule has 9 heteroatoms. The van der Waals surface area contributed by atoms with Gasteiger partial charge in [0.15, 0.2) is 0 Å². The van der Waals surface area contributed by atoms with Gasteiger partial charge in [-0.15, -0.1) is 0 Å². The second-order valence-electron chi connectivity index (χ2n) is 6.54. The highest BCUT2D eigenvalue weighted by Gasteiger charge is 2.17. The summed E-state index contributed by atoms with van der Waals surface area (Å²) in [5.74, 6) is 1.64. The van der Waals surface area contributed by atoms with Crippen LogP contribution in [0.15, 0.2) is 59.5 Å². The van der Waals surface area contributed by atoms with Crippen molar-refractivity contribution in [2.45, 2.75) is 31.8 Å². The second-order valence-corrected chi connectivity index (χ2v) is 8.60. The lowest BCUT2D eigenvalue weighted by Crippen LogP contribution is -2.13. The highest BCUT2D eigenvalue weighted by atomic mass is 35.5. The van der Waals surface area contributed by atoms with E-state index < -0.39 is 10.0 Å². The fourth-order valence-electron chi connectivity index (χ4n) is 2.55. The molecule has 2 aromatic carbocycles. The van der Waals surface area contributed by atoms with Crippen LogP contribution in [0.25, 0.3) is 0 Å². The van der Waals surface area contributed by atoms with Crippen LogP contribution in [0.1, 0.15) is 19.7 Å². The van der Waals surface area contributed by atoms with E-state index in [2.05, 4.69) is 20.0 Å². The Kier molecular flexibility index (Phi) is 6.24. The monoisotopic (exact) mass is 432 g/mol. The number of aromatic nitrogens is 2. The van der Waals surface area contributed by atoms with Crippen molar-refractivity contribution in [1.82, 2.24) is 9.97 Å². The number of hydrogen-bond acceptors (Lipinski definition) is 6. The molecule has 0 unspecified atom stereocenters. The number of nitrogens with zero attached hydrogens (tertiary/aromatic N) is 2. The molecule has 1 heterocycles. The average molecular weight is 433 g/mol. The van der Waals surface area contributed by atoms with Gasteiger partial charge in [0, 0.05) is 17.4 Å². The van der Waals surface area contributed by atoms with E-state index in [1.165, 1.54) is 12.1 Å². The standard InChI is InChI=1S/C20H21ClN4O3S/c1-13(2)28-20-12-19(22-14(3)23-20)24-15-8-10-16(11-9-15)25-29(26,27)18-7-5-4-6-17(18)21/h4-13,25H,1-3H3,(H,22,23,24). The van der Waals surface area contributed by atoms with E-state index >= 15 is 0 Å². The van der Waals surface area contributed by atoms with Crippen LogP contribution in [0.5, 0.6) is 5.88 Å². The molecule has 29 heavy (non-hydrogen) atoms. The summed E-state index contributed by atoms with van der Waals surface area (Å²) in [6.07, 6.45) is 0.00238. The summed E-state index contributed by atoms with van der Waals surface area (Å²) in [7, 11) is -3.78. The summed E-state index contributed by atoms with van der Waals surface area (Å²) < 4.78 is 33.2. The molecule has 152 valence electrons. The van der Waals surface area contributed by atoms with Crippen LogP contribution in [-0.4, -0.2) is 24.5 Å². The Labute approximate surface area is 175 Å². The molecular formula is C20H21ClN4O3S. The molecule has 3 rings (SSSR count). The van der Waals surface area contributed by atoms with Crippen molar-refractivity contribution < 1.29 is 13.2 Å². The maximum Gasteiger partial charge on any atom is 0.263 e. The Morgan fingerprint density at radius 1 is 1.00 bits per heavy atom. The summed E-state index contributed by atoms with van der Waals surface area (Å²) >= 11 is 6.00. The topological polar surface area (TPSA) is 93.2 Å². The van der Waals surface area contributed by atoms with E-state index in [4.69, 9.17) is 16.3 Å². The van der Waals surface area contributed by atoms with Crippen molar-refractivity contribution in [2.24, 2.45) is 0 Å². The Balaban J connectivity index is 1.74. The average Bonchev–Trinajstić information content (AvgIpc) is 2.62. The zero-order valence-electron chi connectivity index (χ0n) is 16.2. The molecule has 0 fully saturated rings. The maximum absolute atomic E-state index is 12.5. The summed E-state index contributed by atoms with van der Waals surface area (Å²) in [6, 6.07) is 14.8. The molecule has 0 amide bonds. The van der Waals surface area contributed by atoms with Crippen molar-refractivity contribution in [3.8, 4) is 5.88 Å². The van der Waals surface area contributed by atoms with E-state index in [-0.39, 0.29) is 16.0 Å². The lowest BCUT2D eigenvalue weighted by molar-refractivity contribution is 0.232. The van der Waals surface area contributed by atoms with Gasteiger partial charge in [0.1, 0.15) is 16.5 Å². The lowest BCUT2D eigenvalue weighted by atomic mass is 10.3. The largest absolute Gasteiger partial charge is 0.475 e. The number of anilines is 3. The SMILES string of the molecule is Cc1nc(Nc2ccc(NS(=O)(=O)c3ccccc3Cl)cc2)cc(OC(C)C)n1. The molecule has 1 aromatic heterocycles. The smallest absolute Gasteiger partial charge is 0.263 e. The summed E-state index contributed by atoms with van der Waals surface area (Å²) in [5.41, 5.74) is 1.15. The van der Waals surface area contributed by atoms with Crippen molar-refractivity contribution in [3.63, 3.8) is 0 Å². The number of ether oxygens (including phenoxy) is 1. The normalized spacial score (nSPS) is 11.3. The number of benzene rings is 2. The van der Waals surface area contributed by atoms with Gasteiger partial charge < -0.3 is 10.1 Å². The van der Waals surface area contributed by atoms with Gasteiger partial charge in [-0.3, -0.25) is 4.72 Å². The quantitative estimate of drug-likeness (QED) is 0.558. The Morgan fingerprint density at radius 2 is 1.66 bits per heavy atom. The molecule has 0 spiro atoms. The third-order valence-corrected chi connectivity index (χ3v) is 5.59. The molecular weight excluding hydrogens is 412 g/mol. The Morgan fingerprint density at radius 3 is 2.31 bits per heavy atom. The van der Waals surface area contributed by atoms with Crippen molar-refractivity contribution >= 4 is 38.8 Å². The lowest BCUT2D eigenvalue weighted by Gasteiger charge is -2.12. The third-order valence-electron chi connectivity index (χ3n) is 3.71. The van der Waals surface area contributed by atoms with E-state index in [1.807, 2.05) is 13.8 Å². The zero-order valence-corrected chi connectivity index (χ0v) is 17.8. The van der Waals surface area contributed by atoms with E-state index in [0.717, 1.165) is 5.69 Å². The minimum Gasteiger partial charge on any atom is -0.475 e. The first-order valence-corrected chi connectivity index (χ1v) is 10.8. The molecule has 0 aliphatic rings. The van der Waals surface area contributed by atoms with Gasteiger partial charge in [0.05, 0.1) is 11.1 Å². The van der Waals surface area contributed by atoms with Crippen LogP contribution in [0.2, 0.25) is 5.02 Å². The second kappa shape index (κ2) is 8.67. The van der Waals surface area contributed by atoms with Gasteiger partial charge in [-0.2, -0.15) is 4.98 Å². The predicted molar refractivity (Wildman–Crippen MR) is 115 cm³/mol. The first-order valence-electron chi connectivity index (χ1n) is 8.90. The molecule has 0 aliphatic heterocycles. The number of rotatable bonds is 7. The number of halogens is 1. The summed E-state index contributed by atoms with van der Waals surface area (Å²) in [6.45, 7) is 5.63.